The molecule has 0 radical (unpaired) electrons. The number of benzene rings is 4. The van der Waals surface area contributed by atoms with Gasteiger partial charge in [-0.2, -0.15) is 0 Å². The van der Waals surface area contributed by atoms with Crippen LogP contribution in [0.4, 0.5) is 0 Å². The third kappa shape index (κ3) is 4.04. The molecule has 37 heavy (non-hydrogen) atoms. The first kappa shape index (κ1) is 23.3. The summed E-state index contributed by atoms with van der Waals surface area (Å²) in [6.07, 6.45) is 1.58. The zero-order chi connectivity index (χ0) is 25.6. The highest BCUT2D eigenvalue weighted by Gasteiger charge is 2.30. The standard InChI is InChI=1S/C30H22ClN3O2S/c1-21-11-17-26(18-12-21)37(35,36)29-30(33(20-32-29)25-8-3-2-4-9-25)34-27-10-6-5-7-23(27)19-28(34)22-13-15-24(31)16-14-22/h2-20H,1H3. The molecule has 0 fully saturated rings. The third-order valence-corrected chi connectivity index (χ3v) is 8.33. The van der Waals surface area contributed by atoms with Crippen LogP contribution in [0.25, 0.3) is 33.7 Å². The number of hydrogen-bond donors (Lipinski definition) is 0. The Balaban J connectivity index is 1.71. The van der Waals surface area contributed by atoms with Gasteiger partial charge in [0.2, 0.25) is 14.9 Å². The predicted molar refractivity (Wildman–Crippen MR) is 147 cm³/mol. The zero-order valence-electron chi connectivity index (χ0n) is 19.9. The summed E-state index contributed by atoms with van der Waals surface area (Å²) in [5.41, 5.74) is 4.38. The van der Waals surface area contributed by atoms with Crippen LogP contribution in [0.1, 0.15) is 5.56 Å². The number of sulfone groups is 1. The van der Waals surface area contributed by atoms with Gasteiger partial charge in [0.05, 0.1) is 16.1 Å². The molecule has 0 aliphatic carbocycles. The highest BCUT2D eigenvalue weighted by Crippen LogP contribution is 2.36. The highest BCUT2D eigenvalue weighted by molar-refractivity contribution is 7.91. The van der Waals surface area contributed by atoms with Crippen molar-refractivity contribution in [1.82, 2.24) is 14.1 Å². The van der Waals surface area contributed by atoms with Crippen molar-refractivity contribution in [3.05, 3.63) is 126 Å². The van der Waals surface area contributed by atoms with E-state index < -0.39 is 9.84 Å². The van der Waals surface area contributed by atoms with E-state index in [2.05, 4.69) is 11.1 Å². The van der Waals surface area contributed by atoms with Crippen molar-refractivity contribution in [1.29, 1.82) is 0 Å². The minimum Gasteiger partial charge on any atom is -0.292 e. The molecule has 182 valence electrons. The average molecular weight is 524 g/mol. The maximum atomic E-state index is 14.0. The largest absolute Gasteiger partial charge is 0.292 e. The monoisotopic (exact) mass is 523 g/mol. The lowest BCUT2D eigenvalue weighted by Gasteiger charge is -2.16. The molecule has 0 saturated carbocycles. The highest BCUT2D eigenvalue weighted by atomic mass is 35.5. The molecule has 0 spiro atoms. The minimum absolute atomic E-state index is 0.0169. The molecule has 4 aromatic carbocycles. The summed E-state index contributed by atoms with van der Waals surface area (Å²) in [7, 11) is -3.95. The van der Waals surface area contributed by atoms with E-state index >= 15 is 0 Å². The second-order valence-electron chi connectivity index (χ2n) is 8.83. The van der Waals surface area contributed by atoms with Gasteiger partial charge in [-0.25, -0.2) is 13.4 Å². The maximum Gasteiger partial charge on any atom is 0.227 e. The zero-order valence-corrected chi connectivity index (χ0v) is 21.5. The van der Waals surface area contributed by atoms with Crippen LogP contribution in [-0.4, -0.2) is 22.5 Å². The van der Waals surface area contributed by atoms with Gasteiger partial charge < -0.3 is 0 Å². The van der Waals surface area contributed by atoms with Gasteiger partial charge in [-0.1, -0.05) is 77.8 Å². The lowest BCUT2D eigenvalue weighted by atomic mass is 10.1. The van der Waals surface area contributed by atoms with Crippen LogP contribution in [0, 0.1) is 6.92 Å². The number of fused-ring (bicyclic) bond motifs is 1. The van der Waals surface area contributed by atoms with Crippen LogP contribution >= 0.6 is 11.6 Å². The molecule has 6 aromatic rings. The lowest BCUT2D eigenvalue weighted by molar-refractivity contribution is 0.592. The summed E-state index contributed by atoms with van der Waals surface area (Å²) in [4.78, 5) is 4.70. The molecule has 0 saturated heterocycles. The van der Waals surface area contributed by atoms with Crippen LogP contribution in [0.3, 0.4) is 0 Å². The average Bonchev–Trinajstić information content (AvgIpc) is 3.52. The van der Waals surface area contributed by atoms with Gasteiger partial charge in [-0.3, -0.25) is 9.13 Å². The minimum atomic E-state index is -3.95. The fourth-order valence-electron chi connectivity index (χ4n) is 4.54. The fraction of sp³-hybridized carbons (Fsp3) is 0.0333. The number of para-hydroxylation sites is 2. The first-order valence-corrected chi connectivity index (χ1v) is 13.6. The molecule has 6 rings (SSSR count). The van der Waals surface area contributed by atoms with E-state index in [1.807, 2.05) is 94.9 Å². The normalized spacial score (nSPS) is 11.7. The lowest BCUT2D eigenvalue weighted by Crippen LogP contribution is -2.11. The molecule has 0 bridgehead atoms. The van der Waals surface area contributed by atoms with Crippen molar-refractivity contribution in [2.75, 3.05) is 0 Å². The summed E-state index contributed by atoms with van der Waals surface area (Å²) >= 11 is 6.19. The summed E-state index contributed by atoms with van der Waals surface area (Å²) in [5.74, 6) is 0.443. The van der Waals surface area contributed by atoms with Crippen molar-refractivity contribution in [2.45, 2.75) is 16.8 Å². The van der Waals surface area contributed by atoms with E-state index in [-0.39, 0.29) is 9.92 Å². The smallest absolute Gasteiger partial charge is 0.227 e. The van der Waals surface area contributed by atoms with E-state index in [9.17, 15) is 8.42 Å². The molecule has 0 atom stereocenters. The van der Waals surface area contributed by atoms with Gasteiger partial charge in [0.1, 0.15) is 6.33 Å². The van der Waals surface area contributed by atoms with E-state index in [1.54, 1.807) is 30.6 Å². The van der Waals surface area contributed by atoms with Gasteiger partial charge in [0.15, 0.2) is 5.82 Å². The van der Waals surface area contributed by atoms with Crippen molar-refractivity contribution in [3.8, 4) is 22.8 Å². The molecule has 2 heterocycles. The Morgan fingerprint density at radius 1 is 0.784 bits per heavy atom. The maximum absolute atomic E-state index is 14.0. The van der Waals surface area contributed by atoms with Gasteiger partial charge in [-0.05, 0) is 61.0 Å². The van der Waals surface area contributed by atoms with Crippen LogP contribution in [0.15, 0.2) is 125 Å². The van der Waals surface area contributed by atoms with Crippen LogP contribution in [0.5, 0.6) is 0 Å². The third-order valence-electron chi connectivity index (χ3n) is 6.39. The molecule has 0 aliphatic rings. The molecular weight excluding hydrogens is 502 g/mol. The molecule has 0 aliphatic heterocycles. The molecule has 7 heteroatoms. The van der Waals surface area contributed by atoms with Crippen LogP contribution < -0.4 is 0 Å². The van der Waals surface area contributed by atoms with Crippen molar-refractivity contribution >= 4 is 32.3 Å². The Morgan fingerprint density at radius 2 is 1.46 bits per heavy atom. The summed E-state index contributed by atoms with van der Waals surface area (Å²) in [6.45, 7) is 1.93. The Labute approximate surface area is 220 Å². The molecule has 0 unspecified atom stereocenters. The Hall–Kier alpha value is -4.13. The predicted octanol–water partition coefficient (Wildman–Crippen LogP) is 7.28. The number of hydrogen-bond acceptors (Lipinski definition) is 3. The molecule has 0 amide bonds. The summed E-state index contributed by atoms with van der Waals surface area (Å²) in [6, 6.07) is 34.0. The van der Waals surface area contributed by atoms with Gasteiger partial charge >= 0.3 is 0 Å². The van der Waals surface area contributed by atoms with Gasteiger partial charge in [-0.15, -0.1) is 0 Å². The van der Waals surface area contributed by atoms with Gasteiger partial charge in [0.25, 0.3) is 0 Å². The second-order valence-corrected chi connectivity index (χ2v) is 11.1. The quantitative estimate of drug-likeness (QED) is 0.238. The van der Waals surface area contributed by atoms with E-state index in [0.717, 1.165) is 33.4 Å². The van der Waals surface area contributed by atoms with Crippen LogP contribution in [-0.2, 0) is 9.84 Å². The van der Waals surface area contributed by atoms with E-state index in [1.165, 1.54) is 0 Å². The number of imidazole rings is 1. The first-order valence-electron chi connectivity index (χ1n) is 11.7. The van der Waals surface area contributed by atoms with Crippen molar-refractivity contribution in [3.63, 3.8) is 0 Å². The van der Waals surface area contributed by atoms with Crippen molar-refractivity contribution < 1.29 is 8.42 Å². The number of rotatable bonds is 5. The number of nitrogens with zero attached hydrogens (tertiary/aromatic N) is 3. The van der Waals surface area contributed by atoms with E-state index in [4.69, 9.17) is 11.6 Å². The molecule has 5 nitrogen and oxygen atoms in total. The SMILES string of the molecule is Cc1ccc(S(=O)(=O)c2ncn(-c3ccccc3)c2-n2c(-c3ccc(Cl)cc3)cc3ccccc32)cc1. The molecular formula is C30H22ClN3O2S. The Bertz CT molecular complexity index is 1840. The Morgan fingerprint density at radius 3 is 2.19 bits per heavy atom. The summed E-state index contributed by atoms with van der Waals surface area (Å²) < 4.78 is 31.9. The molecule has 0 N–H and O–H groups in total. The Kier molecular flexibility index (Phi) is 5.71. The second kappa shape index (κ2) is 9.07. The first-order chi connectivity index (χ1) is 17.9. The fourth-order valence-corrected chi connectivity index (χ4v) is 6.00. The van der Waals surface area contributed by atoms with E-state index in [0.29, 0.717) is 10.8 Å². The van der Waals surface area contributed by atoms with Crippen LogP contribution in [0.2, 0.25) is 5.02 Å². The van der Waals surface area contributed by atoms with Gasteiger partial charge in [0, 0.05) is 16.1 Å². The number of aryl methyl sites for hydroxylation is 1. The van der Waals surface area contributed by atoms with Crippen molar-refractivity contribution in [2.24, 2.45) is 0 Å². The number of halogens is 1. The molecule has 2 aromatic heterocycles. The number of aromatic nitrogens is 3. The summed E-state index contributed by atoms with van der Waals surface area (Å²) in [5, 5.41) is 1.59. The topological polar surface area (TPSA) is 56.9 Å².